The van der Waals surface area contributed by atoms with Gasteiger partial charge in [0.15, 0.2) is 18.4 Å². The van der Waals surface area contributed by atoms with E-state index in [0.717, 1.165) is 5.69 Å². The molecule has 0 aliphatic carbocycles. The Morgan fingerprint density at radius 1 is 1.25 bits per heavy atom. The molecule has 82 valence electrons. The van der Waals surface area contributed by atoms with Gasteiger partial charge in [0.25, 0.3) is 5.56 Å². The predicted molar refractivity (Wildman–Crippen MR) is 58.2 cm³/mol. The lowest BCUT2D eigenvalue weighted by Crippen LogP contribution is -2.39. The third-order valence-corrected chi connectivity index (χ3v) is 2.32. The van der Waals surface area contributed by atoms with Crippen molar-refractivity contribution in [1.29, 1.82) is 0 Å². The molecule has 2 aromatic rings. The molecule has 5 heteroatoms. The number of hydrogen-bond acceptors (Lipinski definition) is 2. The maximum atomic E-state index is 11.1. The Bertz CT molecular complexity index is 585. The Labute approximate surface area is 91.4 Å². The van der Waals surface area contributed by atoms with Gasteiger partial charge in [0.2, 0.25) is 0 Å². The molecule has 0 unspecified atom stereocenters. The lowest BCUT2D eigenvalue weighted by atomic mass is 10.3. The van der Waals surface area contributed by atoms with Crippen LogP contribution in [0.2, 0.25) is 0 Å². The highest BCUT2D eigenvalue weighted by molar-refractivity contribution is 4.98. The fraction of sp³-hybridized carbons (Fsp3) is 0.182. The lowest BCUT2D eigenvalue weighted by Gasteiger charge is -1.99. The lowest BCUT2D eigenvalue weighted by molar-refractivity contribution is -0.694. The molecule has 0 bridgehead atoms. The predicted octanol–water partition coefficient (Wildman–Crippen LogP) is -0.293. The Kier molecular flexibility index (Phi) is 2.68. The van der Waals surface area contributed by atoms with Gasteiger partial charge in [-0.3, -0.25) is 9.78 Å². The normalized spacial score (nSPS) is 10.3. The molecule has 0 saturated heterocycles. The van der Waals surface area contributed by atoms with Gasteiger partial charge in [-0.1, -0.05) is 6.07 Å². The van der Waals surface area contributed by atoms with Gasteiger partial charge in [0.05, 0.1) is 5.69 Å². The zero-order valence-corrected chi connectivity index (χ0v) is 8.86. The first-order chi connectivity index (χ1) is 7.65. The van der Waals surface area contributed by atoms with E-state index < -0.39 is 5.69 Å². The minimum Gasteiger partial charge on any atom is -0.305 e. The van der Waals surface area contributed by atoms with E-state index in [4.69, 9.17) is 0 Å². The highest BCUT2D eigenvalue weighted by Crippen LogP contribution is 1.91. The molecule has 0 aliphatic heterocycles. The molecule has 0 fully saturated rings. The largest absolute Gasteiger partial charge is 0.326 e. The zero-order chi connectivity index (χ0) is 11.5. The minimum absolute atomic E-state index is 0.382. The van der Waals surface area contributed by atoms with Crippen LogP contribution in [0.3, 0.4) is 0 Å². The summed E-state index contributed by atoms with van der Waals surface area (Å²) >= 11 is 0. The molecule has 0 atom stereocenters. The van der Waals surface area contributed by atoms with Gasteiger partial charge in [0.1, 0.15) is 0 Å². The van der Waals surface area contributed by atoms with Crippen LogP contribution < -0.4 is 15.8 Å². The Morgan fingerprint density at radius 2 is 2.06 bits per heavy atom. The van der Waals surface area contributed by atoms with Crippen molar-refractivity contribution >= 4 is 0 Å². The fourth-order valence-electron chi connectivity index (χ4n) is 1.53. The molecule has 2 aromatic heterocycles. The highest BCUT2D eigenvalue weighted by Gasteiger charge is 2.07. The van der Waals surface area contributed by atoms with Gasteiger partial charge in [0, 0.05) is 25.1 Å². The first-order valence-electron chi connectivity index (χ1n) is 4.93. The van der Waals surface area contributed by atoms with E-state index in [-0.39, 0.29) is 5.56 Å². The first-order valence-corrected chi connectivity index (χ1v) is 4.93. The molecule has 0 radical (unpaired) electrons. The number of nitrogens with one attached hydrogen (secondary N) is 2. The van der Waals surface area contributed by atoms with Crippen molar-refractivity contribution in [2.75, 3.05) is 0 Å². The number of H-pyrrole nitrogens is 2. The maximum absolute atomic E-state index is 11.1. The van der Waals surface area contributed by atoms with Crippen LogP contribution in [0.4, 0.5) is 0 Å². The number of aromatic nitrogens is 3. The van der Waals surface area contributed by atoms with Crippen molar-refractivity contribution in [3.8, 4) is 0 Å². The standard InChI is InChI=1S/C11H11N3O2/c1-8-4-2-3-5-14(8)7-9-6-10(15)13-11(16)12-9/h2-6H,7H2,1H3,(H-,12,13,15,16)/p+1. The fourth-order valence-corrected chi connectivity index (χ4v) is 1.53. The number of hydrogen-bond donors (Lipinski definition) is 2. The number of aryl methyl sites for hydroxylation is 1. The zero-order valence-electron chi connectivity index (χ0n) is 8.86. The van der Waals surface area contributed by atoms with Crippen molar-refractivity contribution in [3.05, 3.63) is 62.7 Å². The highest BCUT2D eigenvalue weighted by atomic mass is 16.2. The van der Waals surface area contributed by atoms with Crippen LogP contribution in [0.15, 0.2) is 40.1 Å². The molecular formula is C11H12N3O2+. The smallest absolute Gasteiger partial charge is 0.305 e. The summed E-state index contributed by atoms with van der Waals surface area (Å²) in [5.41, 5.74) is 0.793. The summed E-state index contributed by atoms with van der Waals surface area (Å²) in [5, 5.41) is 0. The summed E-state index contributed by atoms with van der Waals surface area (Å²) in [6, 6.07) is 7.19. The van der Waals surface area contributed by atoms with Crippen molar-refractivity contribution in [2.24, 2.45) is 0 Å². The molecule has 0 saturated carbocycles. The van der Waals surface area contributed by atoms with Crippen LogP contribution in [0, 0.1) is 6.92 Å². The summed E-state index contributed by atoms with van der Waals surface area (Å²) in [7, 11) is 0. The molecule has 16 heavy (non-hydrogen) atoms. The number of rotatable bonds is 2. The van der Waals surface area contributed by atoms with E-state index in [1.165, 1.54) is 6.07 Å². The van der Waals surface area contributed by atoms with Gasteiger partial charge in [-0.15, -0.1) is 0 Å². The van der Waals surface area contributed by atoms with Crippen molar-refractivity contribution in [3.63, 3.8) is 0 Å². The third kappa shape index (κ3) is 2.25. The molecule has 2 N–H and O–H groups in total. The van der Waals surface area contributed by atoms with E-state index in [2.05, 4.69) is 9.97 Å². The van der Waals surface area contributed by atoms with Gasteiger partial charge < -0.3 is 4.98 Å². The molecular weight excluding hydrogens is 206 g/mol. The van der Waals surface area contributed by atoms with E-state index >= 15 is 0 Å². The van der Waals surface area contributed by atoms with Crippen molar-refractivity contribution in [1.82, 2.24) is 9.97 Å². The Morgan fingerprint density at radius 3 is 2.75 bits per heavy atom. The Hall–Kier alpha value is -2.17. The second-order valence-corrected chi connectivity index (χ2v) is 3.58. The van der Waals surface area contributed by atoms with Gasteiger partial charge >= 0.3 is 5.69 Å². The maximum Gasteiger partial charge on any atom is 0.326 e. The average Bonchev–Trinajstić information content (AvgIpc) is 2.20. The van der Waals surface area contributed by atoms with E-state index in [0.29, 0.717) is 12.2 Å². The van der Waals surface area contributed by atoms with Crippen LogP contribution >= 0.6 is 0 Å². The Balaban J connectivity index is 2.38. The third-order valence-electron chi connectivity index (χ3n) is 2.32. The van der Waals surface area contributed by atoms with E-state index in [1.807, 2.05) is 35.9 Å². The summed E-state index contributed by atoms with van der Waals surface area (Å²) in [6.07, 6.45) is 1.90. The van der Waals surface area contributed by atoms with Crippen LogP contribution in [-0.2, 0) is 6.54 Å². The van der Waals surface area contributed by atoms with Gasteiger partial charge in [-0.2, -0.15) is 4.57 Å². The van der Waals surface area contributed by atoms with Crippen LogP contribution in [0.25, 0.3) is 0 Å². The van der Waals surface area contributed by atoms with Gasteiger partial charge in [-0.25, -0.2) is 4.79 Å². The molecule has 2 heterocycles. The molecule has 5 nitrogen and oxygen atoms in total. The van der Waals surface area contributed by atoms with Crippen molar-refractivity contribution in [2.45, 2.75) is 13.5 Å². The average molecular weight is 218 g/mol. The van der Waals surface area contributed by atoms with Gasteiger partial charge in [-0.05, 0) is 0 Å². The second-order valence-electron chi connectivity index (χ2n) is 3.58. The summed E-state index contributed by atoms with van der Waals surface area (Å²) < 4.78 is 1.95. The van der Waals surface area contributed by atoms with Crippen LogP contribution in [0.1, 0.15) is 11.4 Å². The van der Waals surface area contributed by atoms with Crippen LogP contribution in [0.5, 0.6) is 0 Å². The van der Waals surface area contributed by atoms with E-state index in [9.17, 15) is 9.59 Å². The molecule has 0 aromatic carbocycles. The molecule has 0 spiro atoms. The second kappa shape index (κ2) is 4.14. The quantitative estimate of drug-likeness (QED) is 0.680. The summed E-state index contributed by atoms with van der Waals surface area (Å²) in [6.45, 7) is 2.44. The van der Waals surface area contributed by atoms with Crippen LogP contribution in [-0.4, -0.2) is 9.97 Å². The monoisotopic (exact) mass is 218 g/mol. The molecule has 0 amide bonds. The number of pyridine rings is 1. The van der Waals surface area contributed by atoms with Crippen molar-refractivity contribution < 1.29 is 4.57 Å². The first kappa shape index (κ1) is 10.4. The summed E-state index contributed by atoms with van der Waals surface area (Å²) in [5.74, 6) is 0. The molecule has 0 aliphatic rings. The SMILES string of the molecule is Cc1cccc[n+]1Cc1cc(=O)[nH]c(=O)[nH]1. The number of nitrogens with zero attached hydrogens (tertiary/aromatic N) is 1. The molecule has 2 rings (SSSR count). The minimum atomic E-state index is -0.475. The van der Waals surface area contributed by atoms with E-state index in [1.54, 1.807) is 0 Å². The summed E-state index contributed by atoms with van der Waals surface area (Å²) in [4.78, 5) is 26.9. The topological polar surface area (TPSA) is 69.6 Å². The number of aromatic amines is 2.